The summed E-state index contributed by atoms with van der Waals surface area (Å²) < 4.78 is 0. The number of rotatable bonds is 7. The zero-order valence-corrected chi connectivity index (χ0v) is 14.8. The highest BCUT2D eigenvalue weighted by Crippen LogP contribution is 2.27. The van der Waals surface area contributed by atoms with Gasteiger partial charge in [0.25, 0.3) is 0 Å². The standard InChI is InChI=1S/C20H33N/c1-8-10-11-18(21-9-2)14-19-15(3)12-17(13-16(19)4)20(5,6)7/h8,12-13,18,21H,1,9-11,14H2,2-7H3. The third-order valence-corrected chi connectivity index (χ3v) is 4.22. The Hall–Kier alpha value is -1.08. The van der Waals surface area contributed by atoms with E-state index in [0.717, 1.165) is 25.8 Å². The topological polar surface area (TPSA) is 12.0 Å². The van der Waals surface area contributed by atoms with Gasteiger partial charge in [-0.15, -0.1) is 6.58 Å². The van der Waals surface area contributed by atoms with E-state index >= 15 is 0 Å². The van der Waals surface area contributed by atoms with Crippen LogP contribution in [-0.2, 0) is 11.8 Å². The van der Waals surface area contributed by atoms with E-state index in [9.17, 15) is 0 Å². The number of benzene rings is 1. The molecule has 0 fully saturated rings. The first-order valence-corrected chi connectivity index (χ1v) is 8.24. The highest BCUT2D eigenvalue weighted by molar-refractivity contribution is 5.41. The molecule has 1 unspecified atom stereocenters. The molecule has 1 N–H and O–H groups in total. The molecule has 0 spiro atoms. The zero-order chi connectivity index (χ0) is 16.0. The quantitative estimate of drug-likeness (QED) is 0.689. The van der Waals surface area contributed by atoms with E-state index in [2.05, 4.69) is 65.6 Å². The zero-order valence-electron chi connectivity index (χ0n) is 14.8. The third kappa shape index (κ3) is 5.32. The Balaban J connectivity index is 2.99. The molecule has 0 aromatic heterocycles. The molecule has 0 heterocycles. The summed E-state index contributed by atoms with van der Waals surface area (Å²) in [4.78, 5) is 0. The van der Waals surface area contributed by atoms with Crippen molar-refractivity contribution in [2.75, 3.05) is 6.54 Å². The van der Waals surface area contributed by atoms with Crippen molar-refractivity contribution in [3.05, 3.63) is 47.0 Å². The second kappa shape index (κ2) is 7.79. The van der Waals surface area contributed by atoms with Crippen molar-refractivity contribution in [3.8, 4) is 0 Å². The fourth-order valence-electron chi connectivity index (χ4n) is 2.88. The van der Waals surface area contributed by atoms with Crippen LogP contribution in [0.2, 0.25) is 0 Å². The van der Waals surface area contributed by atoms with Gasteiger partial charge in [-0.2, -0.15) is 0 Å². The monoisotopic (exact) mass is 287 g/mol. The fourth-order valence-corrected chi connectivity index (χ4v) is 2.88. The lowest BCUT2D eigenvalue weighted by Gasteiger charge is -2.24. The van der Waals surface area contributed by atoms with Crippen molar-refractivity contribution in [1.82, 2.24) is 5.32 Å². The second-order valence-electron chi connectivity index (χ2n) is 7.16. The highest BCUT2D eigenvalue weighted by atomic mass is 14.9. The molecule has 1 aromatic rings. The van der Waals surface area contributed by atoms with Crippen LogP contribution in [0.15, 0.2) is 24.8 Å². The number of hydrogen-bond acceptors (Lipinski definition) is 1. The van der Waals surface area contributed by atoms with Crippen LogP contribution in [0.4, 0.5) is 0 Å². The lowest BCUT2D eigenvalue weighted by molar-refractivity contribution is 0.493. The van der Waals surface area contributed by atoms with Gasteiger partial charge in [0, 0.05) is 6.04 Å². The van der Waals surface area contributed by atoms with E-state index in [1.54, 1.807) is 0 Å². The van der Waals surface area contributed by atoms with Crippen molar-refractivity contribution in [3.63, 3.8) is 0 Å². The predicted molar refractivity (Wildman–Crippen MR) is 95.2 cm³/mol. The van der Waals surface area contributed by atoms with Gasteiger partial charge in [0.2, 0.25) is 0 Å². The largest absolute Gasteiger partial charge is 0.314 e. The van der Waals surface area contributed by atoms with Gasteiger partial charge in [-0.05, 0) is 67.3 Å². The third-order valence-electron chi connectivity index (χ3n) is 4.22. The van der Waals surface area contributed by atoms with Crippen molar-refractivity contribution < 1.29 is 0 Å². The number of nitrogens with one attached hydrogen (secondary N) is 1. The minimum Gasteiger partial charge on any atom is -0.314 e. The van der Waals surface area contributed by atoms with E-state index in [1.165, 1.54) is 22.3 Å². The van der Waals surface area contributed by atoms with Gasteiger partial charge in [-0.1, -0.05) is 45.9 Å². The van der Waals surface area contributed by atoms with Gasteiger partial charge < -0.3 is 5.32 Å². The minimum atomic E-state index is 0.220. The average molecular weight is 287 g/mol. The van der Waals surface area contributed by atoms with Crippen LogP contribution < -0.4 is 5.32 Å². The van der Waals surface area contributed by atoms with Gasteiger partial charge in [0.1, 0.15) is 0 Å². The average Bonchev–Trinajstić information content (AvgIpc) is 2.38. The molecule has 0 bridgehead atoms. The molecule has 0 amide bonds. The molecule has 0 radical (unpaired) electrons. The van der Waals surface area contributed by atoms with Crippen LogP contribution >= 0.6 is 0 Å². The Bertz CT molecular complexity index is 442. The summed E-state index contributed by atoms with van der Waals surface area (Å²) in [5, 5.41) is 3.62. The van der Waals surface area contributed by atoms with Gasteiger partial charge in [-0.3, -0.25) is 0 Å². The Morgan fingerprint density at radius 3 is 2.19 bits per heavy atom. The van der Waals surface area contributed by atoms with E-state index in [4.69, 9.17) is 0 Å². The molecule has 21 heavy (non-hydrogen) atoms. The van der Waals surface area contributed by atoms with Crippen LogP contribution in [0.25, 0.3) is 0 Å². The number of aryl methyl sites for hydroxylation is 2. The Labute approximate surface area is 131 Å². The molecule has 118 valence electrons. The van der Waals surface area contributed by atoms with Gasteiger partial charge in [0.05, 0.1) is 0 Å². The molecule has 1 heteroatoms. The summed E-state index contributed by atoms with van der Waals surface area (Å²) >= 11 is 0. The molecule has 0 saturated heterocycles. The van der Waals surface area contributed by atoms with Crippen molar-refractivity contribution in [1.29, 1.82) is 0 Å². The van der Waals surface area contributed by atoms with Gasteiger partial charge in [0.15, 0.2) is 0 Å². The van der Waals surface area contributed by atoms with Crippen LogP contribution in [0.1, 0.15) is 62.8 Å². The molecule has 0 saturated carbocycles. The van der Waals surface area contributed by atoms with Crippen LogP contribution in [0.3, 0.4) is 0 Å². The van der Waals surface area contributed by atoms with E-state index in [0.29, 0.717) is 6.04 Å². The van der Waals surface area contributed by atoms with E-state index < -0.39 is 0 Å². The summed E-state index contributed by atoms with van der Waals surface area (Å²) in [5.41, 5.74) is 6.03. The highest BCUT2D eigenvalue weighted by Gasteiger charge is 2.17. The maximum Gasteiger partial charge on any atom is 0.0110 e. The maximum atomic E-state index is 3.85. The van der Waals surface area contributed by atoms with Crippen molar-refractivity contribution in [2.24, 2.45) is 0 Å². The van der Waals surface area contributed by atoms with Crippen LogP contribution in [-0.4, -0.2) is 12.6 Å². The SMILES string of the molecule is C=CCCC(Cc1c(C)cc(C(C)(C)C)cc1C)NCC. The Kier molecular flexibility index (Phi) is 6.67. The van der Waals surface area contributed by atoms with Crippen molar-refractivity contribution in [2.45, 2.75) is 72.3 Å². The van der Waals surface area contributed by atoms with Crippen molar-refractivity contribution >= 4 is 0 Å². The van der Waals surface area contributed by atoms with Gasteiger partial charge >= 0.3 is 0 Å². The molecule has 0 aliphatic carbocycles. The van der Waals surface area contributed by atoms with Crippen LogP contribution in [0.5, 0.6) is 0 Å². The first kappa shape index (κ1) is 18.0. The first-order chi connectivity index (χ1) is 9.79. The molecule has 1 nitrogen and oxygen atoms in total. The summed E-state index contributed by atoms with van der Waals surface area (Å²) in [6.07, 6.45) is 5.38. The molecule has 1 rings (SSSR count). The van der Waals surface area contributed by atoms with Crippen LogP contribution in [0, 0.1) is 13.8 Å². The maximum absolute atomic E-state index is 3.85. The minimum absolute atomic E-state index is 0.220. The smallest absolute Gasteiger partial charge is 0.0110 e. The summed E-state index contributed by atoms with van der Waals surface area (Å²) in [5.74, 6) is 0. The molecular formula is C20H33N. The summed E-state index contributed by atoms with van der Waals surface area (Å²) in [6, 6.07) is 5.29. The Morgan fingerprint density at radius 1 is 1.19 bits per heavy atom. The summed E-state index contributed by atoms with van der Waals surface area (Å²) in [6.45, 7) is 18.4. The second-order valence-corrected chi connectivity index (χ2v) is 7.16. The number of likely N-dealkylation sites (N-methyl/N-ethyl adjacent to an activating group) is 1. The predicted octanol–water partition coefficient (Wildman–Crippen LogP) is 5.09. The molecule has 0 aliphatic rings. The fraction of sp³-hybridized carbons (Fsp3) is 0.600. The Morgan fingerprint density at radius 2 is 1.76 bits per heavy atom. The van der Waals surface area contributed by atoms with E-state index in [-0.39, 0.29) is 5.41 Å². The lowest BCUT2D eigenvalue weighted by atomic mass is 9.82. The molecule has 1 atom stereocenters. The van der Waals surface area contributed by atoms with E-state index in [1.807, 2.05) is 6.08 Å². The summed E-state index contributed by atoms with van der Waals surface area (Å²) in [7, 11) is 0. The molecular weight excluding hydrogens is 254 g/mol. The lowest BCUT2D eigenvalue weighted by Crippen LogP contribution is -2.31. The normalized spacial score (nSPS) is 13.2. The number of allylic oxidation sites excluding steroid dienone is 1. The van der Waals surface area contributed by atoms with Gasteiger partial charge in [-0.25, -0.2) is 0 Å². The first-order valence-electron chi connectivity index (χ1n) is 8.24. The number of hydrogen-bond donors (Lipinski definition) is 1. The molecule has 0 aliphatic heterocycles. The molecule has 1 aromatic carbocycles.